The Balaban J connectivity index is 2.10. The van der Waals surface area contributed by atoms with Crippen LogP contribution in [-0.2, 0) is 0 Å². The third-order valence-electron chi connectivity index (χ3n) is 2.69. The highest BCUT2D eigenvalue weighted by Crippen LogP contribution is 2.30. The summed E-state index contributed by atoms with van der Waals surface area (Å²) in [6, 6.07) is 12.0. The van der Waals surface area contributed by atoms with E-state index in [0.717, 1.165) is 9.99 Å². The molecule has 18 heavy (non-hydrogen) atoms. The summed E-state index contributed by atoms with van der Waals surface area (Å²) in [6.45, 7) is 5.85. The molecule has 2 nitrogen and oxygen atoms in total. The Kier molecular flexibility index (Phi) is 3.92. The summed E-state index contributed by atoms with van der Waals surface area (Å²) in [5.74, 6) is 0.908. The van der Waals surface area contributed by atoms with Crippen molar-refractivity contribution in [2.45, 2.75) is 36.7 Å². The Morgan fingerprint density at radius 1 is 1.11 bits per heavy atom. The average Bonchev–Trinajstić information content (AvgIpc) is 2.78. The van der Waals surface area contributed by atoms with E-state index in [0.29, 0.717) is 11.7 Å². The molecule has 1 aromatic carbocycles. The summed E-state index contributed by atoms with van der Waals surface area (Å²) >= 11 is 1.53. The van der Waals surface area contributed by atoms with Crippen LogP contribution in [0.3, 0.4) is 0 Å². The summed E-state index contributed by atoms with van der Waals surface area (Å²) in [5, 5.41) is 0.748. The third-order valence-corrected chi connectivity index (χ3v) is 3.62. The summed E-state index contributed by atoms with van der Waals surface area (Å²) in [6.07, 6.45) is 0. The zero-order valence-electron chi connectivity index (χ0n) is 10.8. The number of rotatable bonds is 4. The monoisotopic (exact) mass is 260 g/mol. The topological polar surface area (TPSA) is 30.2 Å². The molecule has 0 aliphatic carbocycles. The average molecular weight is 260 g/mol. The predicted octanol–water partition coefficient (Wildman–Crippen LogP) is 4.76. The van der Waals surface area contributed by atoms with Crippen molar-refractivity contribution in [2.24, 2.45) is 0 Å². The number of carbonyl (C=O) groups is 1. The molecule has 0 saturated heterocycles. The molecule has 94 valence electrons. The zero-order chi connectivity index (χ0) is 13.1. The first-order chi connectivity index (χ1) is 8.56. The summed E-state index contributed by atoms with van der Waals surface area (Å²) < 4.78 is 5.44. The van der Waals surface area contributed by atoms with Gasteiger partial charge in [0.15, 0.2) is 16.6 Å². The van der Waals surface area contributed by atoms with Crippen molar-refractivity contribution in [3.63, 3.8) is 0 Å². The second-order valence-electron chi connectivity index (χ2n) is 4.50. The number of carbonyl (C=O) groups excluding carboxylic acids is 1. The Morgan fingerprint density at radius 2 is 1.78 bits per heavy atom. The lowest BCUT2D eigenvalue weighted by molar-refractivity contribution is 0.0982. The SMILES string of the molecule is CC(=O)c1ccc(Sc2ccc(C(C)C)cc2)o1. The van der Waals surface area contributed by atoms with Crippen LogP contribution in [0, 0.1) is 0 Å². The van der Waals surface area contributed by atoms with Gasteiger partial charge in [-0.25, -0.2) is 0 Å². The van der Waals surface area contributed by atoms with Crippen LogP contribution in [0.2, 0.25) is 0 Å². The van der Waals surface area contributed by atoms with Crippen LogP contribution in [0.5, 0.6) is 0 Å². The van der Waals surface area contributed by atoms with Crippen LogP contribution in [0.15, 0.2) is 50.8 Å². The van der Waals surface area contributed by atoms with E-state index in [1.54, 1.807) is 6.07 Å². The Morgan fingerprint density at radius 3 is 2.28 bits per heavy atom. The molecular formula is C15H16O2S. The molecule has 0 unspecified atom stereocenters. The highest BCUT2D eigenvalue weighted by atomic mass is 32.2. The van der Waals surface area contributed by atoms with E-state index < -0.39 is 0 Å². The van der Waals surface area contributed by atoms with Gasteiger partial charge in [-0.05, 0) is 35.7 Å². The van der Waals surface area contributed by atoms with Crippen molar-refractivity contribution in [3.05, 3.63) is 47.7 Å². The number of hydrogen-bond acceptors (Lipinski definition) is 3. The van der Waals surface area contributed by atoms with E-state index in [9.17, 15) is 4.79 Å². The molecule has 0 aliphatic heterocycles. The van der Waals surface area contributed by atoms with Crippen LogP contribution in [0.25, 0.3) is 0 Å². The fraction of sp³-hybridized carbons (Fsp3) is 0.267. The minimum Gasteiger partial charge on any atom is -0.446 e. The third kappa shape index (κ3) is 3.05. The van der Waals surface area contributed by atoms with Gasteiger partial charge in [0.05, 0.1) is 0 Å². The quantitative estimate of drug-likeness (QED) is 0.743. The Bertz CT molecular complexity index is 538. The molecular weight excluding hydrogens is 244 g/mol. The van der Waals surface area contributed by atoms with Gasteiger partial charge in [0.25, 0.3) is 0 Å². The van der Waals surface area contributed by atoms with Gasteiger partial charge in [-0.1, -0.05) is 37.7 Å². The van der Waals surface area contributed by atoms with Crippen LogP contribution in [-0.4, -0.2) is 5.78 Å². The van der Waals surface area contributed by atoms with E-state index >= 15 is 0 Å². The molecule has 1 aromatic heterocycles. The standard InChI is InChI=1S/C15H16O2S/c1-10(2)12-4-6-13(7-5-12)18-15-9-8-14(17-15)11(3)16/h4-10H,1-3H3. The molecule has 3 heteroatoms. The molecule has 2 aromatic rings. The van der Waals surface area contributed by atoms with Gasteiger partial charge in [-0.2, -0.15) is 0 Å². The molecule has 2 rings (SSSR count). The van der Waals surface area contributed by atoms with Crippen molar-refractivity contribution in [3.8, 4) is 0 Å². The summed E-state index contributed by atoms with van der Waals surface area (Å²) in [5.41, 5.74) is 1.32. The van der Waals surface area contributed by atoms with Crippen molar-refractivity contribution >= 4 is 17.5 Å². The van der Waals surface area contributed by atoms with Gasteiger partial charge in [0.1, 0.15) is 0 Å². The van der Waals surface area contributed by atoms with Crippen LogP contribution < -0.4 is 0 Å². The normalized spacial score (nSPS) is 10.9. The van der Waals surface area contributed by atoms with Gasteiger partial charge < -0.3 is 4.42 Å². The van der Waals surface area contributed by atoms with Crippen molar-refractivity contribution < 1.29 is 9.21 Å². The second kappa shape index (κ2) is 5.44. The van der Waals surface area contributed by atoms with E-state index in [1.807, 2.05) is 6.07 Å². The lowest BCUT2D eigenvalue weighted by Gasteiger charge is -2.05. The molecule has 0 atom stereocenters. The number of hydrogen-bond donors (Lipinski definition) is 0. The zero-order valence-corrected chi connectivity index (χ0v) is 11.6. The number of furan rings is 1. The van der Waals surface area contributed by atoms with Gasteiger partial charge >= 0.3 is 0 Å². The highest BCUT2D eigenvalue weighted by Gasteiger charge is 2.07. The molecule has 0 fully saturated rings. The number of Topliss-reactive ketones (excluding diaryl/α,β-unsaturated/α-hetero) is 1. The van der Waals surface area contributed by atoms with Crippen molar-refractivity contribution in [1.82, 2.24) is 0 Å². The first-order valence-corrected chi connectivity index (χ1v) is 6.76. The predicted molar refractivity (Wildman–Crippen MR) is 73.4 cm³/mol. The summed E-state index contributed by atoms with van der Waals surface area (Å²) in [7, 11) is 0. The molecule has 0 spiro atoms. The number of benzene rings is 1. The van der Waals surface area contributed by atoms with Gasteiger partial charge in [0, 0.05) is 11.8 Å². The maximum atomic E-state index is 11.1. The summed E-state index contributed by atoms with van der Waals surface area (Å²) in [4.78, 5) is 12.2. The fourth-order valence-corrected chi connectivity index (χ4v) is 2.37. The van der Waals surface area contributed by atoms with Crippen LogP contribution in [0.4, 0.5) is 0 Å². The first kappa shape index (κ1) is 13.0. The van der Waals surface area contributed by atoms with E-state index in [-0.39, 0.29) is 5.78 Å². The van der Waals surface area contributed by atoms with Gasteiger partial charge in [0.2, 0.25) is 0 Å². The van der Waals surface area contributed by atoms with E-state index in [1.165, 1.54) is 24.2 Å². The van der Waals surface area contributed by atoms with Crippen LogP contribution in [0.1, 0.15) is 42.8 Å². The number of ketones is 1. The smallest absolute Gasteiger partial charge is 0.194 e. The Hall–Kier alpha value is -1.48. The largest absolute Gasteiger partial charge is 0.446 e. The first-order valence-electron chi connectivity index (χ1n) is 5.95. The van der Waals surface area contributed by atoms with Crippen molar-refractivity contribution in [2.75, 3.05) is 0 Å². The highest BCUT2D eigenvalue weighted by molar-refractivity contribution is 7.99. The molecule has 0 bridgehead atoms. The van der Waals surface area contributed by atoms with Crippen LogP contribution >= 0.6 is 11.8 Å². The van der Waals surface area contributed by atoms with E-state index in [2.05, 4.69) is 38.1 Å². The molecule has 0 amide bonds. The van der Waals surface area contributed by atoms with Gasteiger partial charge in [-0.3, -0.25) is 4.79 Å². The van der Waals surface area contributed by atoms with Gasteiger partial charge in [-0.15, -0.1) is 0 Å². The molecule has 0 N–H and O–H groups in total. The molecule has 0 aliphatic rings. The lowest BCUT2D eigenvalue weighted by Crippen LogP contribution is -1.86. The maximum Gasteiger partial charge on any atom is 0.194 e. The minimum absolute atomic E-state index is 0.0444. The van der Waals surface area contributed by atoms with E-state index in [4.69, 9.17) is 4.42 Å². The molecule has 0 radical (unpaired) electrons. The molecule has 1 heterocycles. The fourth-order valence-electron chi connectivity index (χ4n) is 1.60. The molecule has 0 saturated carbocycles. The second-order valence-corrected chi connectivity index (χ2v) is 5.58. The Labute approximate surface area is 111 Å². The lowest BCUT2D eigenvalue weighted by atomic mass is 10.0. The maximum absolute atomic E-state index is 11.1. The van der Waals surface area contributed by atoms with Crippen molar-refractivity contribution in [1.29, 1.82) is 0 Å². The minimum atomic E-state index is -0.0444.